The number of hydrogen-bond donors (Lipinski definition) is 2. The number of rotatable bonds is 0. The van der Waals surface area contributed by atoms with Crippen molar-refractivity contribution in [1.82, 2.24) is 0 Å². The van der Waals surface area contributed by atoms with Crippen LogP contribution in [0.5, 0.6) is 11.5 Å². The van der Waals surface area contributed by atoms with E-state index in [4.69, 9.17) is 0 Å². The third kappa shape index (κ3) is 2.32. The average molecular weight is 384 g/mol. The van der Waals surface area contributed by atoms with E-state index in [0.29, 0.717) is 10.5 Å². The van der Waals surface area contributed by atoms with Crippen LogP contribution in [0.15, 0.2) is 40.1 Å². The molecule has 1 aliphatic heterocycles. The second-order valence-corrected chi connectivity index (χ2v) is 6.62. The van der Waals surface area contributed by atoms with Gasteiger partial charge in [0.2, 0.25) is 0 Å². The predicted molar refractivity (Wildman–Crippen MR) is 81.1 cm³/mol. The van der Waals surface area contributed by atoms with Crippen LogP contribution in [-0.2, 0) is 6.42 Å². The van der Waals surface area contributed by atoms with E-state index in [1.807, 2.05) is 18.2 Å². The van der Waals surface area contributed by atoms with Crippen LogP contribution in [0.2, 0.25) is 0 Å². The highest BCUT2D eigenvalue weighted by atomic mass is 127. The molecule has 2 aromatic carbocycles. The Kier molecular flexibility index (Phi) is 3.18. The smallest absolute Gasteiger partial charge is 0.172 e. The molecule has 0 bridgehead atoms. The molecule has 0 aliphatic carbocycles. The van der Waals surface area contributed by atoms with Gasteiger partial charge in [0.1, 0.15) is 11.5 Å². The van der Waals surface area contributed by atoms with Crippen molar-refractivity contribution in [3.63, 3.8) is 0 Å². The Bertz CT molecular complexity index is 697. The summed E-state index contributed by atoms with van der Waals surface area (Å²) in [5.74, 6) is -0.319. The third-order valence-corrected chi connectivity index (χ3v) is 4.76. The van der Waals surface area contributed by atoms with Gasteiger partial charge in [0.05, 0.1) is 5.56 Å². The molecule has 0 spiro atoms. The molecule has 0 atom stereocenters. The summed E-state index contributed by atoms with van der Waals surface area (Å²) in [6.45, 7) is 0. The number of fused-ring (bicyclic) bond motifs is 2. The van der Waals surface area contributed by atoms with Crippen LogP contribution in [0.3, 0.4) is 0 Å². The number of halogens is 1. The van der Waals surface area contributed by atoms with Crippen molar-refractivity contribution in [3.8, 4) is 11.5 Å². The molecule has 96 valence electrons. The largest absolute Gasteiger partial charge is 0.508 e. The van der Waals surface area contributed by atoms with Gasteiger partial charge in [-0.3, -0.25) is 4.79 Å². The van der Waals surface area contributed by atoms with Gasteiger partial charge in [-0.1, -0.05) is 17.8 Å². The van der Waals surface area contributed by atoms with Crippen LogP contribution in [0.1, 0.15) is 15.9 Å². The fourth-order valence-electron chi connectivity index (χ4n) is 2.10. The zero-order valence-electron chi connectivity index (χ0n) is 9.68. The summed E-state index contributed by atoms with van der Waals surface area (Å²) in [7, 11) is 0. The van der Waals surface area contributed by atoms with E-state index < -0.39 is 0 Å². The van der Waals surface area contributed by atoms with Crippen molar-refractivity contribution < 1.29 is 15.0 Å². The summed E-state index contributed by atoms with van der Waals surface area (Å²) in [5.41, 5.74) is 1.25. The number of Topliss-reactive ketones (excluding diaryl/α,β-unsaturated/α-hetero) is 1. The molecule has 2 N–H and O–H groups in total. The maximum atomic E-state index is 12.2. The second-order valence-electron chi connectivity index (χ2n) is 4.29. The number of aromatic hydroxyl groups is 2. The number of ketones is 1. The number of benzene rings is 2. The van der Waals surface area contributed by atoms with E-state index in [0.717, 1.165) is 14.0 Å². The van der Waals surface area contributed by atoms with Crippen molar-refractivity contribution in [2.45, 2.75) is 16.2 Å². The van der Waals surface area contributed by atoms with Gasteiger partial charge in [-0.2, -0.15) is 0 Å². The summed E-state index contributed by atoms with van der Waals surface area (Å²) < 4.78 is 1.09. The lowest BCUT2D eigenvalue weighted by Crippen LogP contribution is -2.03. The van der Waals surface area contributed by atoms with Gasteiger partial charge in [-0.05, 0) is 46.4 Å². The van der Waals surface area contributed by atoms with Gasteiger partial charge in [0, 0.05) is 25.8 Å². The fourth-order valence-corrected chi connectivity index (χ4v) is 3.99. The van der Waals surface area contributed by atoms with Crippen LogP contribution >= 0.6 is 34.4 Å². The molecule has 0 amide bonds. The highest BCUT2D eigenvalue weighted by molar-refractivity contribution is 14.1. The Morgan fingerprint density at radius 3 is 2.68 bits per heavy atom. The third-order valence-electron chi connectivity index (χ3n) is 2.95. The topological polar surface area (TPSA) is 57.5 Å². The summed E-state index contributed by atoms with van der Waals surface area (Å²) in [4.78, 5) is 13.8. The lowest BCUT2D eigenvalue weighted by atomic mass is 10.0. The molecule has 1 aliphatic rings. The first-order valence-electron chi connectivity index (χ1n) is 5.60. The molecule has 0 unspecified atom stereocenters. The zero-order valence-corrected chi connectivity index (χ0v) is 12.7. The molecule has 0 fully saturated rings. The minimum absolute atomic E-state index is 0.0365. The minimum Gasteiger partial charge on any atom is -0.508 e. The Morgan fingerprint density at radius 1 is 1.11 bits per heavy atom. The molecule has 3 nitrogen and oxygen atoms in total. The van der Waals surface area contributed by atoms with Crippen LogP contribution in [0.25, 0.3) is 0 Å². The molecule has 0 saturated heterocycles. The fraction of sp³-hybridized carbons (Fsp3) is 0.0714. The molecule has 1 heterocycles. The lowest BCUT2D eigenvalue weighted by molar-refractivity contribution is 0.0987. The quantitative estimate of drug-likeness (QED) is 0.682. The van der Waals surface area contributed by atoms with Crippen LogP contribution in [-0.4, -0.2) is 16.0 Å². The van der Waals surface area contributed by atoms with Crippen LogP contribution in [0.4, 0.5) is 0 Å². The van der Waals surface area contributed by atoms with E-state index in [-0.39, 0.29) is 23.7 Å². The van der Waals surface area contributed by atoms with Crippen molar-refractivity contribution in [2.24, 2.45) is 0 Å². The number of phenolic OH excluding ortho intramolecular Hbond substituents is 2. The minimum atomic E-state index is -0.157. The number of carbonyl (C=O) groups is 1. The van der Waals surface area contributed by atoms with Gasteiger partial charge in [-0.25, -0.2) is 0 Å². The van der Waals surface area contributed by atoms with Gasteiger partial charge >= 0.3 is 0 Å². The number of carbonyl (C=O) groups excluding carboxylic acids is 1. The highest BCUT2D eigenvalue weighted by Gasteiger charge is 2.24. The van der Waals surface area contributed by atoms with Crippen molar-refractivity contribution in [1.29, 1.82) is 0 Å². The Hall–Kier alpha value is -1.21. The Morgan fingerprint density at radius 2 is 1.89 bits per heavy atom. The van der Waals surface area contributed by atoms with Crippen LogP contribution < -0.4 is 0 Å². The van der Waals surface area contributed by atoms with Gasteiger partial charge in [0.25, 0.3) is 0 Å². The molecule has 2 aromatic rings. The van der Waals surface area contributed by atoms with Crippen LogP contribution in [0, 0.1) is 3.57 Å². The van der Waals surface area contributed by atoms with E-state index in [2.05, 4.69) is 22.6 Å². The Labute approximate surface area is 127 Å². The molecule has 3 rings (SSSR count). The second kappa shape index (κ2) is 4.72. The molecule has 5 heteroatoms. The van der Waals surface area contributed by atoms with E-state index >= 15 is 0 Å². The predicted octanol–water partition coefficient (Wildman–Crippen LogP) is 3.59. The normalized spacial score (nSPS) is 13.6. The highest BCUT2D eigenvalue weighted by Crippen LogP contribution is 2.42. The summed E-state index contributed by atoms with van der Waals surface area (Å²) in [5, 5.41) is 19.4. The standard InChI is InChI=1S/C14H9IO3S/c15-8-2-1-7-3-10(17)14-11(18)5-9(16)6-13(14)19-12(7)4-8/h1-2,4-6,16,18H,3H2. The first kappa shape index (κ1) is 12.8. The zero-order chi connectivity index (χ0) is 13.6. The molecular weight excluding hydrogens is 375 g/mol. The lowest BCUT2D eigenvalue weighted by Gasteiger charge is -2.07. The van der Waals surface area contributed by atoms with E-state index in [1.54, 1.807) is 0 Å². The summed E-state index contributed by atoms with van der Waals surface area (Å²) >= 11 is 3.62. The van der Waals surface area contributed by atoms with Crippen molar-refractivity contribution in [2.75, 3.05) is 0 Å². The molecule has 19 heavy (non-hydrogen) atoms. The van der Waals surface area contributed by atoms with Gasteiger partial charge < -0.3 is 10.2 Å². The number of phenols is 2. The van der Waals surface area contributed by atoms with Gasteiger partial charge in [-0.15, -0.1) is 0 Å². The average Bonchev–Trinajstić information content (AvgIpc) is 2.44. The Balaban J connectivity index is 2.22. The van der Waals surface area contributed by atoms with Crippen molar-refractivity contribution in [3.05, 3.63) is 45.0 Å². The van der Waals surface area contributed by atoms with E-state index in [1.165, 1.54) is 23.9 Å². The van der Waals surface area contributed by atoms with Crippen molar-refractivity contribution >= 4 is 40.1 Å². The van der Waals surface area contributed by atoms with E-state index in [9.17, 15) is 15.0 Å². The SMILES string of the molecule is O=C1Cc2ccc(I)cc2Sc2cc(O)cc(O)c21. The summed E-state index contributed by atoms with van der Waals surface area (Å²) in [6, 6.07) is 8.62. The first-order chi connectivity index (χ1) is 9.04. The maximum Gasteiger partial charge on any atom is 0.172 e. The molecule has 0 aromatic heterocycles. The molecular formula is C14H9IO3S. The molecule has 0 radical (unpaired) electrons. The summed E-state index contributed by atoms with van der Waals surface area (Å²) in [6.07, 6.45) is 0.268. The molecule has 0 saturated carbocycles. The number of hydrogen-bond acceptors (Lipinski definition) is 4. The monoisotopic (exact) mass is 384 g/mol. The maximum absolute atomic E-state index is 12.2. The van der Waals surface area contributed by atoms with Gasteiger partial charge in [0.15, 0.2) is 5.78 Å². The first-order valence-corrected chi connectivity index (χ1v) is 7.49.